The van der Waals surface area contributed by atoms with Crippen molar-refractivity contribution in [3.05, 3.63) is 51.5 Å². The molecule has 0 aliphatic heterocycles. The Hall–Kier alpha value is -1.47. The Bertz CT molecular complexity index is 829. The SMILES string of the molecule is Nc1c(Cl)cc(NC(=O)CS(=O)(=O)c2ccc(Cl)cc2)cc1Cl. The minimum Gasteiger partial charge on any atom is -0.396 e. The quantitative estimate of drug-likeness (QED) is 0.776. The first-order valence-corrected chi connectivity index (χ1v) is 9.00. The summed E-state index contributed by atoms with van der Waals surface area (Å²) in [4.78, 5) is 11.9. The Morgan fingerprint density at radius 3 is 2.09 bits per heavy atom. The number of rotatable bonds is 4. The fourth-order valence-electron chi connectivity index (χ4n) is 1.75. The Morgan fingerprint density at radius 2 is 1.57 bits per heavy atom. The summed E-state index contributed by atoms with van der Waals surface area (Å²) in [5.41, 5.74) is 6.02. The molecule has 5 nitrogen and oxygen atoms in total. The number of carbonyl (C=O) groups is 1. The van der Waals surface area contributed by atoms with Gasteiger partial charge in [0.15, 0.2) is 9.84 Å². The molecule has 0 aromatic heterocycles. The van der Waals surface area contributed by atoms with E-state index in [0.717, 1.165) is 0 Å². The molecule has 2 aromatic rings. The molecular weight excluding hydrogens is 383 g/mol. The zero-order valence-corrected chi connectivity index (χ0v) is 14.6. The van der Waals surface area contributed by atoms with E-state index in [-0.39, 0.29) is 26.3 Å². The van der Waals surface area contributed by atoms with E-state index in [0.29, 0.717) is 5.02 Å². The molecule has 0 aliphatic carbocycles. The summed E-state index contributed by atoms with van der Waals surface area (Å²) in [5, 5.41) is 3.14. The average molecular weight is 394 g/mol. The second kappa shape index (κ2) is 6.97. The number of hydrogen-bond acceptors (Lipinski definition) is 4. The molecule has 1 amide bonds. The summed E-state index contributed by atoms with van der Waals surface area (Å²) < 4.78 is 24.3. The minimum atomic E-state index is -3.79. The number of nitrogens with two attached hydrogens (primary N) is 1. The molecule has 2 rings (SSSR count). The van der Waals surface area contributed by atoms with Crippen molar-refractivity contribution in [1.29, 1.82) is 0 Å². The summed E-state index contributed by atoms with van der Waals surface area (Å²) >= 11 is 17.4. The van der Waals surface area contributed by atoms with Crippen molar-refractivity contribution in [2.45, 2.75) is 4.90 Å². The number of carbonyl (C=O) groups excluding carboxylic acids is 1. The van der Waals surface area contributed by atoms with E-state index in [1.54, 1.807) is 0 Å². The van der Waals surface area contributed by atoms with Crippen LogP contribution in [0.5, 0.6) is 0 Å². The van der Waals surface area contributed by atoms with Crippen LogP contribution in [-0.4, -0.2) is 20.1 Å². The highest BCUT2D eigenvalue weighted by atomic mass is 35.5. The molecule has 0 unspecified atom stereocenters. The number of hydrogen-bond donors (Lipinski definition) is 2. The lowest BCUT2D eigenvalue weighted by Gasteiger charge is -2.09. The van der Waals surface area contributed by atoms with E-state index < -0.39 is 21.5 Å². The predicted octanol–water partition coefficient (Wildman–Crippen LogP) is 3.64. The lowest BCUT2D eigenvalue weighted by Crippen LogP contribution is -2.23. The number of sulfone groups is 1. The Morgan fingerprint density at radius 1 is 1.04 bits per heavy atom. The topological polar surface area (TPSA) is 89.3 Å². The minimum absolute atomic E-state index is 0.00502. The fourth-order valence-corrected chi connectivity index (χ4v) is 3.50. The van der Waals surface area contributed by atoms with Gasteiger partial charge in [-0.05, 0) is 36.4 Å². The third-order valence-electron chi connectivity index (χ3n) is 2.86. The molecule has 0 spiro atoms. The van der Waals surface area contributed by atoms with Crippen LogP contribution in [0.4, 0.5) is 11.4 Å². The van der Waals surface area contributed by atoms with Crippen molar-refractivity contribution in [2.24, 2.45) is 0 Å². The predicted molar refractivity (Wildman–Crippen MR) is 93.0 cm³/mol. The van der Waals surface area contributed by atoms with Crippen molar-refractivity contribution in [1.82, 2.24) is 0 Å². The normalized spacial score (nSPS) is 11.3. The Kier molecular flexibility index (Phi) is 5.41. The highest BCUT2D eigenvalue weighted by Crippen LogP contribution is 2.31. The van der Waals surface area contributed by atoms with E-state index in [1.807, 2.05) is 0 Å². The van der Waals surface area contributed by atoms with Crippen LogP contribution < -0.4 is 11.1 Å². The fraction of sp³-hybridized carbons (Fsp3) is 0.0714. The second-order valence-corrected chi connectivity index (χ2v) is 7.86. The summed E-state index contributed by atoms with van der Waals surface area (Å²) in [5.74, 6) is -1.45. The van der Waals surface area contributed by atoms with Gasteiger partial charge >= 0.3 is 0 Å². The van der Waals surface area contributed by atoms with Gasteiger partial charge < -0.3 is 11.1 Å². The van der Waals surface area contributed by atoms with Crippen LogP contribution in [0.1, 0.15) is 0 Å². The van der Waals surface area contributed by atoms with Gasteiger partial charge in [0.05, 0.1) is 20.6 Å². The van der Waals surface area contributed by atoms with Gasteiger partial charge in [0.1, 0.15) is 5.75 Å². The van der Waals surface area contributed by atoms with E-state index in [9.17, 15) is 13.2 Å². The third kappa shape index (κ3) is 4.51. The summed E-state index contributed by atoms with van der Waals surface area (Å²) in [6, 6.07) is 8.31. The molecular formula is C14H11Cl3N2O3S. The van der Waals surface area contributed by atoms with Crippen LogP contribution in [-0.2, 0) is 14.6 Å². The molecule has 0 saturated carbocycles. The van der Waals surface area contributed by atoms with E-state index in [4.69, 9.17) is 40.5 Å². The lowest BCUT2D eigenvalue weighted by molar-refractivity contribution is -0.113. The smallest absolute Gasteiger partial charge is 0.239 e. The summed E-state index contributed by atoms with van der Waals surface area (Å²) in [6.07, 6.45) is 0. The van der Waals surface area contributed by atoms with Crippen LogP contribution in [0, 0.1) is 0 Å². The van der Waals surface area contributed by atoms with Crippen LogP contribution in [0.3, 0.4) is 0 Å². The first-order chi connectivity index (χ1) is 10.7. The molecule has 0 heterocycles. The maximum absolute atomic E-state index is 12.2. The second-order valence-electron chi connectivity index (χ2n) is 4.61. The standard InChI is InChI=1S/C14H11Cl3N2O3S/c15-8-1-3-10(4-2-8)23(21,22)7-13(20)19-9-5-11(16)14(18)12(17)6-9/h1-6H,7,18H2,(H,19,20). The van der Waals surface area contributed by atoms with Crippen molar-refractivity contribution in [2.75, 3.05) is 16.8 Å². The molecule has 122 valence electrons. The molecule has 0 radical (unpaired) electrons. The maximum Gasteiger partial charge on any atom is 0.239 e. The van der Waals surface area contributed by atoms with Gasteiger partial charge in [-0.2, -0.15) is 0 Å². The van der Waals surface area contributed by atoms with Crippen molar-refractivity contribution in [3.8, 4) is 0 Å². The number of amides is 1. The van der Waals surface area contributed by atoms with Gasteiger partial charge in [0, 0.05) is 10.7 Å². The number of benzene rings is 2. The van der Waals surface area contributed by atoms with E-state index in [1.165, 1.54) is 36.4 Å². The number of nitrogen functional groups attached to an aromatic ring is 1. The molecule has 0 fully saturated rings. The van der Waals surface area contributed by atoms with Crippen LogP contribution in [0.15, 0.2) is 41.3 Å². The van der Waals surface area contributed by atoms with E-state index in [2.05, 4.69) is 5.32 Å². The van der Waals surface area contributed by atoms with Gasteiger partial charge in [-0.1, -0.05) is 34.8 Å². The zero-order chi connectivity index (χ0) is 17.2. The largest absolute Gasteiger partial charge is 0.396 e. The highest BCUT2D eigenvalue weighted by Gasteiger charge is 2.20. The third-order valence-corrected chi connectivity index (χ3v) is 5.37. The first-order valence-electron chi connectivity index (χ1n) is 6.22. The van der Waals surface area contributed by atoms with Gasteiger partial charge in [-0.25, -0.2) is 8.42 Å². The number of nitrogens with one attached hydrogen (secondary N) is 1. The monoisotopic (exact) mass is 392 g/mol. The van der Waals surface area contributed by atoms with Crippen LogP contribution >= 0.6 is 34.8 Å². The van der Waals surface area contributed by atoms with Gasteiger partial charge in [-0.15, -0.1) is 0 Å². The molecule has 23 heavy (non-hydrogen) atoms. The van der Waals surface area contributed by atoms with Crippen molar-refractivity contribution >= 4 is 61.9 Å². The van der Waals surface area contributed by atoms with Gasteiger partial charge in [0.2, 0.25) is 5.91 Å². The highest BCUT2D eigenvalue weighted by molar-refractivity contribution is 7.92. The van der Waals surface area contributed by atoms with E-state index >= 15 is 0 Å². The molecule has 2 aromatic carbocycles. The first kappa shape index (κ1) is 17.9. The Balaban J connectivity index is 2.14. The lowest BCUT2D eigenvalue weighted by atomic mass is 10.3. The van der Waals surface area contributed by atoms with Gasteiger partial charge in [-0.3, -0.25) is 4.79 Å². The zero-order valence-electron chi connectivity index (χ0n) is 11.5. The Labute approximate surface area is 148 Å². The number of anilines is 2. The maximum atomic E-state index is 12.2. The number of halogens is 3. The summed E-state index contributed by atoms with van der Waals surface area (Å²) in [6.45, 7) is 0. The van der Waals surface area contributed by atoms with Crippen molar-refractivity contribution < 1.29 is 13.2 Å². The molecule has 9 heteroatoms. The van der Waals surface area contributed by atoms with Gasteiger partial charge in [0.25, 0.3) is 0 Å². The molecule has 0 aliphatic rings. The van der Waals surface area contributed by atoms with Crippen LogP contribution in [0.2, 0.25) is 15.1 Å². The molecule has 0 saturated heterocycles. The molecule has 3 N–H and O–H groups in total. The van der Waals surface area contributed by atoms with Crippen molar-refractivity contribution in [3.63, 3.8) is 0 Å². The molecule has 0 atom stereocenters. The van der Waals surface area contributed by atoms with Crippen LogP contribution in [0.25, 0.3) is 0 Å². The molecule has 0 bridgehead atoms. The average Bonchev–Trinajstić information content (AvgIpc) is 2.44. The summed E-state index contributed by atoms with van der Waals surface area (Å²) in [7, 11) is -3.79.